The number of ether oxygens (including phenoxy) is 1. The van der Waals surface area contributed by atoms with Gasteiger partial charge in [-0.3, -0.25) is 0 Å². The molecule has 2 heteroatoms. The molecule has 1 aliphatic heterocycles. The molecule has 12 heavy (non-hydrogen) atoms. The zero-order valence-electron chi connectivity index (χ0n) is 6.81. The van der Waals surface area contributed by atoms with Gasteiger partial charge in [0.25, 0.3) is 0 Å². The molecule has 1 saturated heterocycles. The average molecular weight is 164 g/mol. The lowest BCUT2D eigenvalue weighted by Gasteiger charge is -2.06. The molecular formula is C10H12O2. The maximum absolute atomic E-state index is 9.52. The molecule has 1 aliphatic rings. The van der Waals surface area contributed by atoms with Crippen LogP contribution in [0, 0.1) is 0 Å². The summed E-state index contributed by atoms with van der Waals surface area (Å²) in [6.45, 7) is 0.716. The van der Waals surface area contributed by atoms with E-state index in [1.807, 2.05) is 30.3 Å². The Balaban J connectivity index is 1.94. The molecule has 1 N–H and O–H groups in total. The Morgan fingerprint density at radius 1 is 1.42 bits per heavy atom. The highest BCUT2D eigenvalue weighted by molar-refractivity contribution is 5.16. The number of rotatable bonds is 3. The molecule has 0 amide bonds. The third kappa shape index (κ3) is 1.84. The van der Waals surface area contributed by atoms with Gasteiger partial charge >= 0.3 is 0 Å². The summed E-state index contributed by atoms with van der Waals surface area (Å²) in [6, 6.07) is 9.98. The standard InChI is InChI=1S/C10H12O2/c11-9(10-7-12-10)6-8-4-2-1-3-5-8/h1-5,9-11H,6-7H2/t9-,10?/m0/s1. The van der Waals surface area contributed by atoms with Gasteiger partial charge in [0.05, 0.1) is 12.7 Å². The summed E-state index contributed by atoms with van der Waals surface area (Å²) >= 11 is 0. The average Bonchev–Trinajstić information content (AvgIpc) is 2.88. The summed E-state index contributed by atoms with van der Waals surface area (Å²) in [6.07, 6.45) is 0.462. The van der Waals surface area contributed by atoms with E-state index in [2.05, 4.69) is 0 Å². The molecule has 1 unspecified atom stereocenters. The zero-order valence-corrected chi connectivity index (χ0v) is 6.81. The van der Waals surface area contributed by atoms with Crippen molar-refractivity contribution in [1.29, 1.82) is 0 Å². The minimum Gasteiger partial charge on any atom is -0.390 e. The van der Waals surface area contributed by atoms with Gasteiger partial charge < -0.3 is 9.84 Å². The van der Waals surface area contributed by atoms with Gasteiger partial charge in [-0.15, -0.1) is 0 Å². The largest absolute Gasteiger partial charge is 0.390 e. The third-order valence-corrected chi connectivity index (χ3v) is 2.08. The first-order valence-electron chi connectivity index (χ1n) is 4.20. The van der Waals surface area contributed by atoms with Gasteiger partial charge in [-0.1, -0.05) is 30.3 Å². The van der Waals surface area contributed by atoms with E-state index >= 15 is 0 Å². The van der Waals surface area contributed by atoms with Crippen molar-refractivity contribution in [3.63, 3.8) is 0 Å². The number of benzene rings is 1. The molecule has 1 aromatic rings. The maximum atomic E-state index is 9.52. The SMILES string of the molecule is O[C@@H](Cc1ccccc1)C1CO1. The second-order valence-electron chi connectivity index (χ2n) is 3.13. The summed E-state index contributed by atoms with van der Waals surface area (Å²) < 4.78 is 4.99. The lowest BCUT2D eigenvalue weighted by molar-refractivity contribution is 0.135. The van der Waals surface area contributed by atoms with Crippen LogP contribution in [-0.2, 0) is 11.2 Å². The van der Waals surface area contributed by atoms with E-state index in [-0.39, 0.29) is 12.2 Å². The molecule has 2 atom stereocenters. The topological polar surface area (TPSA) is 32.8 Å². The molecule has 0 bridgehead atoms. The number of epoxide rings is 1. The molecule has 1 aromatic carbocycles. The minimum atomic E-state index is -0.326. The molecule has 1 heterocycles. The van der Waals surface area contributed by atoms with Gasteiger partial charge in [0.1, 0.15) is 6.10 Å². The number of aliphatic hydroxyl groups excluding tert-OH is 1. The normalized spacial score (nSPS) is 23.6. The van der Waals surface area contributed by atoms with E-state index in [1.165, 1.54) is 5.56 Å². The van der Waals surface area contributed by atoms with E-state index in [0.29, 0.717) is 13.0 Å². The van der Waals surface area contributed by atoms with Crippen molar-refractivity contribution in [3.05, 3.63) is 35.9 Å². The van der Waals surface area contributed by atoms with Crippen molar-refractivity contribution in [2.45, 2.75) is 18.6 Å². The van der Waals surface area contributed by atoms with Crippen molar-refractivity contribution in [1.82, 2.24) is 0 Å². The molecule has 2 rings (SSSR count). The van der Waals surface area contributed by atoms with Crippen LogP contribution in [0.25, 0.3) is 0 Å². The molecule has 0 radical (unpaired) electrons. The second-order valence-corrected chi connectivity index (χ2v) is 3.13. The first-order chi connectivity index (χ1) is 5.86. The van der Waals surface area contributed by atoms with Crippen LogP contribution in [-0.4, -0.2) is 23.9 Å². The molecular weight excluding hydrogens is 152 g/mol. The smallest absolute Gasteiger partial charge is 0.107 e. The Hall–Kier alpha value is -0.860. The predicted octanol–water partition coefficient (Wildman–Crippen LogP) is 0.989. The van der Waals surface area contributed by atoms with Crippen molar-refractivity contribution in [3.8, 4) is 0 Å². The molecule has 0 aromatic heterocycles. The predicted molar refractivity (Wildman–Crippen MR) is 45.9 cm³/mol. The Labute approximate surface area is 71.8 Å². The van der Waals surface area contributed by atoms with Gasteiger partial charge in [0.2, 0.25) is 0 Å². The number of hydrogen-bond donors (Lipinski definition) is 1. The van der Waals surface area contributed by atoms with Crippen molar-refractivity contribution in [2.75, 3.05) is 6.61 Å². The fourth-order valence-electron chi connectivity index (χ4n) is 1.26. The fourth-order valence-corrected chi connectivity index (χ4v) is 1.26. The highest BCUT2D eigenvalue weighted by Gasteiger charge is 2.30. The zero-order chi connectivity index (χ0) is 8.39. The van der Waals surface area contributed by atoms with Crippen LogP contribution in [0.3, 0.4) is 0 Å². The first kappa shape index (κ1) is 7.77. The number of aliphatic hydroxyl groups is 1. The molecule has 0 saturated carbocycles. The van der Waals surface area contributed by atoms with Crippen molar-refractivity contribution >= 4 is 0 Å². The number of hydrogen-bond acceptors (Lipinski definition) is 2. The maximum Gasteiger partial charge on any atom is 0.107 e. The molecule has 0 spiro atoms. The van der Waals surface area contributed by atoms with E-state index in [1.54, 1.807) is 0 Å². The van der Waals surface area contributed by atoms with Crippen LogP contribution < -0.4 is 0 Å². The van der Waals surface area contributed by atoms with E-state index in [0.717, 1.165) is 0 Å². The Morgan fingerprint density at radius 2 is 2.08 bits per heavy atom. The van der Waals surface area contributed by atoms with Crippen LogP contribution in [0.4, 0.5) is 0 Å². The fraction of sp³-hybridized carbons (Fsp3) is 0.400. The molecule has 64 valence electrons. The van der Waals surface area contributed by atoms with Crippen molar-refractivity contribution < 1.29 is 9.84 Å². The minimum absolute atomic E-state index is 0.0882. The molecule has 2 nitrogen and oxygen atoms in total. The summed E-state index contributed by atoms with van der Waals surface area (Å²) in [5, 5.41) is 9.52. The second kappa shape index (κ2) is 3.25. The Morgan fingerprint density at radius 3 is 2.67 bits per heavy atom. The summed E-state index contributed by atoms with van der Waals surface area (Å²) in [4.78, 5) is 0. The van der Waals surface area contributed by atoms with Gasteiger partial charge in [-0.2, -0.15) is 0 Å². The van der Waals surface area contributed by atoms with Gasteiger partial charge in [0.15, 0.2) is 0 Å². The van der Waals surface area contributed by atoms with Crippen LogP contribution in [0.1, 0.15) is 5.56 Å². The lowest BCUT2D eigenvalue weighted by Crippen LogP contribution is -2.17. The van der Waals surface area contributed by atoms with Crippen LogP contribution >= 0.6 is 0 Å². The summed E-state index contributed by atoms with van der Waals surface area (Å²) in [5.74, 6) is 0. The molecule has 1 fully saturated rings. The summed E-state index contributed by atoms with van der Waals surface area (Å²) in [5.41, 5.74) is 1.17. The van der Waals surface area contributed by atoms with Gasteiger partial charge in [-0.25, -0.2) is 0 Å². The van der Waals surface area contributed by atoms with E-state index in [9.17, 15) is 5.11 Å². The van der Waals surface area contributed by atoms with Crippen LogP contribution in [0.2, 0.25) is 0 Å². The monoisotopic (exact) mass is 164 g/mol. The molecule has 0 aliphatic carbocycles. The third-order valence-electron chi connectivity index (χ3n) is 2.08. The Bertz CT molecular complexity index is 241. The highest BCUT2D eigenvalue weighted by atomic mass is 16.6. The Kier molecular flexibility index (Phi) is 2.11. The van der Waals surface area contributed by atoms with Crippen LogP contribution in [0.5, 0.6) is 0 Å². The quantitative estimate of drug-likeness (QED) is 0.676. The van der Waals surface area contributed by atoms with E-state index < -0.39 is 0 Å². The lowest BCUT2D eigenvalue weighted by atomic mass is 10.1. The van der Waals surface area contributed by atoms with Gasteiger partial charge in [-0.05, 0) is 5.56 Å². The van der Waals surface area contributed by atoms with Gasteiger partial charge in [0, 0.05) is 6.42 Å². The highest BCUT2D eigenvalue weighted by Crippen LogP contribution is 2.17. The summed E-state index contributed by atoms with van der Waals surface area (Å²) in [7, 11) is 0. The van der Waals surface area contributed by atoms with E-state index in [4.69, 9.17) is 4.74 Å². The first-order valence-corrected chi connectivity index (χ1v) is 4.20. The van der Waals surface area contributed by atoms with Crippen LogP contribution in [0.15, 0.2) is 30.3 Å². The van der Waals surface area contributed by atoms with Crippen molar-refractivity contribution in [2.24, 2.45) is 0 Å².